The number of benzene rings is 6. The SMILES string of the molecule is C.C[n+]1ccc(C(=O)N2/C(=C3\C(=O)c4ccccc4N3C(=O)c3ccncc3)C(=O)c3ccccc32)cc1.C[n+]1cccc(C(=O)N2/C(=C3\C(=O)c4ccccc4N3C(=O)c3cccnc3)C(=O)c3ccccc32)c1.O=C1/C(=C2/C(=O)c3ccccc3N2C(=O)c2ccncc2)N(C(=O)c2ccncc2)c2ccccc21.[CH3-]. The van der Waals surface area contributed by atoms with Crippen LogP contribution in [0.3, 0.4) is 0 Å². The number of para-hydroxylation sites is 6. The van der Waals surface area contributed by atoms with Gasteiger partial charge in [-0.3, -0.25) is 107 Å². The lowest BCUT2D eigenvalue weighted by Gasteiger charge is -2.24. The molecule has 12 heterocycles. The molecule has 544 valence electrons. The zero-order valence-corrected chi connectivity index (χ0v) is 59.0. The maximum absolute atomic E-state index is 13.9. The third kappa shape index (κ3) is 12.3. The van der Waals surface area contributed by atoms with Crippen molar-refractivity contribution in [3.05, 3.63) is 401 Å². The second-order valence-corrected chi connectivity index (χ2v) is 25.5. The maximum Gasteiger partial charge on any atom is 0.269 e. The second kappa shape index (κ2) is 29.9. The molecule has 24 heteroatoms. The number of allylic oxidation sites excluding steroid dienone is 6. The first kappa shape index (κ1) is 73.2. The van der Waals surface area contributed by atoms with Crippen molar-refractivity contribution < 1.29 is 66.7 Å². The summed E-state index contributed by atoms with van der Waals surface area (Å²) in [6.07, 6.45) is 18.6. The van der Waals surface area contributed by atoms with Crippen molar-refractivity contribution in [1.82, 2.24) is 19.9 Å². The highest BCUT2D eigenvalue weighted by molar-refractivity contribution is 6.39. The lowest BCUT2D eigenvalue weighted by molar-refractivity contribution is -0.671. The Kier molecular flexibility index (Phi) is 19.5. The van der Waals surface area contributed by atoms with Crippen LogP contribution in [-0.4, -0.2) is 90.1 Å². The first-order valence-corrected chi connectivity index (χ1v) is 34.1. The summed E-state index contributed by atoms with van der Waals surface area (Å²) < 4.78 is 3.50. The highest BCUT2D eigenvalue weighted by atomic mass is 16.2. The Morgan fingerprint density at radius 3 is 0.750 bits per heavy atom. The van der Waals surface area contributed by atoms with Gasteiger partial charge in [0.05, 0.1) is 45.3 Å². The Bertz CT molecular complexity index is 6010. The van der Waals surface area contributed by atoms with Crippen molar-refractivity contribution in [2.24, 2.45) is 14.1 Å². The van der Waals surface area contributed by atoms with E-state index in [2.05, 4.69) is 19.9 Å². The monoisotopic (exact) mass is 1480 g/mol. The third-order valence-corrected chi connectivity index (χ3v) is 19.0. The molecule has 112 heavy (non-hydrogen) atoms. The van der Waals surface area contributed by atoms with Crippen LogP contribution in [0.25, 0.3) is 0 Å². The van der Waals surface area contributed by atoms with Crippen molar-refractivity contribution in [3.8, 4) is 0 Å². The summed E-state index contributed by atoms with van der Waals surface area (Å²) in [4.78, 5) is 189. The van der Waals surface area contributed by atoms with Gasteiger partial charge in [0, 0.05) is 118 Å². The second-order valence-electron chi connectivity index (χ2n) is 25.5. The van der Waals surface area contributed by atoms with Crippen molar-refractivity contribution >= 4 is 104 Å². The number of pyridine rings is 6. The minimum Gasteiger partial charge on any atom is -0.358 e. The molecular weight excluding hydrogens is 1420 g/mol. The molecule has 24 nitrogen and oxygen atoms in total. The van der Waals surface area contributed by atoms with Gasteiger partial charge in [0.2, 0.25) is 34.7 Å². The predicted octanol–water partition coefficient (Wildman–Crippen LogP) is 12.2. The van der Waals surface area contributed by atoms with E-state index in [1.807, 2.05) is 7.05 Å². The molecule has 0 radical (unpaired) electrons. The summed E-state index contributed by atoms with van der Waals surface area (Å²) in [6, 6.07) is 58.9. The van der Waals surface area contributed by atoms with Gasteiger partial charge in [-0.2, -0.15) is 0 Å². The van der Waals surface area contributed by atoms with E-state index in [1.165, 1.54) is 115 Å². The topological polar surface area (TPSA) is 284 Å². The molecule has 0 saturated carbocycles. The van der Waals surface area contributed by atoms with E-state index in [9.17, 15) is 57.5 Å². The molecule has 6 aliphatic rings. The number of rotatable bonds is 6. The van der Waals surface area contributed by atoms with Crippen molar-refractivity contribution in [1.29, 1.82) is 0 Å². The van der Waals surface area contributed by atoms with Crippen LogP contribution in [0.4, 0.5) is 34.1 Å². The molecule has 6 aliphatic heterocycles. The smallest absolute Gasteiger partial charge is 0.269 e. The molecular formula is C88H61N12O12+. The number of hydrogen-bond acceptors (Lipinski definition) is 16. The maximum atomic E-state index is 13.9. The van der Waals surface area contributed by atoms with E-state index < -0.39 is 70.1 Å². The van der Waals surface area contributed by atoms with Gasteiger partial charge in [0.15, 0.2) is 24.8 Å². The number of aromatic nitrogens is 6. The molecule has 6 aromatic carbocycles. The summed E-state index contributed by atoms with van der Waals surface area (Å²) in [5.74, 6) is -6.12. The van der Waals surface area contributed by atoms with Crippen LogP contribution in [0.2, 0.25) is 0 Å². The molecule has 0 N–H and O–H groups in total. The summed E-state index contributed by atoms with van der Waals surface area (Å²) in [5, 5.41) is 0. The first-order chi connectivity index (χ1) is 53.5. The van der Waals surface area contributed by atoms with Gasteiger partial charge in [0.25, 0.3) is 35.4 Å². The highest BCUT2D eigenvalue weighted by Gasteiger charge is 2.51. The van der Waals surface area contributed by atoms with Gasteiger partial charge in [0.1, 0.15) is 53.8 Å². The largest absolute Gasteiger partial charge is 0.358 e. The van der Waals surface area contributed by atoms with E-state index in [0.717, 1.165) is 0 Å². The summed E-state index contributed by atoms with van der Waals surface area (Å²) in [6.45, 7) is 0. The van der Waals surface area contributed by atoms with E-state index in [4.69, 9.17) is 0 Å². The average Bonchev–Trinajstić information content (AvgIpc) is 1.57. The number of aryl methyl sites for hydroxylation is 2. The summed E-state index contributed by atoms with van der Waals surface area (Å²) >= 11 is 0. The van der Waals surface area contributed by atoms with E-state index in [1.54, 1.807) is 223 Å². The Morgan fingerprint density at radius 2 is 0.491 bits per heavy atom. The fourth-order valence-electron chi connectivity index (χ4n) is 13.9. The van der Waals surface area contributed by atoms with Gasteiger partial charge in [-0.15, -0.1) is 0 Å². The Balaban J connectivity index is 0.000000138. The minimum absolute atomic E-state index is 0. The number of carbonyl (C=O) groups excluding carboxylic acids is 12. The third-order valence-electron chi connectivity index (χ3n) is 19.0. The highest BCUT2D eigenvalue weighted by Crippen LogP contribution is 2.48. The Hall–Kier alpha value is -15.7. The molecule has 0 bridgehead atoms. The van der Waals surface area contributed by atoms with Crippen LogP contribution >= 0.6 is 0 Å². The molecule has 18 rings (SSSR count). The zero-order valence-electron chi connectivity index (χ0n) is 59.0. The number of nitrogens with zero attached hydrogens (tertiary/aromatic N) is 12. The van der Waals surface area contributed by atoms with E-state index >= 15 is 0 Å². The zero-order chi connectivity index (χ0) is 76.2. The fraction of sp³-hybridized carbons (Fsp3) is 0.0341. The van der Waals surface area contributed by atoms with E-state index in [-0.39, 0.29) is 105 Å². The van der Waals surface area contributed by atoms with Crippen molar-refractivity contribution in [3.63, 3.8) is 0 Å². The molecule has 6 aromatic heterocycles. The number of hydrogen-bond donors (Lipinski definition) is 0. The van der Waals surface area contributed by atoms with Crippen LogP contribution in [-0.2, 0) is 14.1 Å². The average molecular weight is 1480 g/mol. The Labute approximate surface area is 639 Å². The molecule has 6 amide bonds. The van der Waals surface area contributed by atoms with Gasteiger partial charge in [-0.1, -0.05) is 80.2 Å². The van der Waals surface area contributed by atoms with Crippen LogP contribution in [0.1, 0.15) is 132 Å². The molecule has 0 fully saturated rings. The summed E-state index contributed by atoms with van der Waals surface area (Å²) in [7, 11) is 3.61. The summed E-state index contributed by atoms with van der Waals surface area (Å²) in [5.41, 5.74) is 4.48. The first-order valence-electron chi connectivity index (χ1n) is 34.1. The normalized spacial score (nSPS) is 15.9. The van der Waals surface area contributed by atoms with Gasteiger partial charge < -0.3 is 7.43 Å². The molecule has 0 aliphatic carbocycles. The lowest BCUT2D eigenvalue weighted by Crippen LogP contribution is -2.38. The quantitative estimate of drug-likeness (QED) is 0.0849. The fourth-order valence-corrected chi connectivity index (χ4v) is 13.9. The lowest BCUT2D eigenvalue weighted by atomic mass is 10.1. The van der Waals surface area contributed by atoms with Crippen LogP contribution in [0.5, 0.6) is 0 Å². The molecule has 0 unspecified atom stereocenters. The van der Waals surface area contributed by atoms with E-state index in [0.29, 0.717) is 45.3 Å². The number of fused-ring (bicyclic) bond motifs is 6. The molecule has 12 aromatic rings. The van der Waals surface area contributed by atoms with Crippen molar-refractivity contribution in [2.45, 2.75) is 7.43 Å². The van der Waals surface area contributed by atoms with Gasteiger partial charge >= 0.3 is 0 Å². The number of anilines is 6. The number of Topliss-reactive ketones (excluding diaryl/α,β-unsaturated/α-hetero) is 6. The standard InChI is InChI=1S/2C29H19N4O4.C28H16N4O4.CH4.CH3/c1-31-15-7-9-19(17-31)29(37)33-23-13-5-3-11-21(23)27(35)25(33)24-26(34)20-10-2-4-12-22(20)32(24)28(36)18-8-6-14-30-16-18;1-31-16-12-19(13-17-31)29(37)33-23-9-5-3-7-21(23)27(35)25(33)24-26(34)20-6-2-4-8-22(20)32(24)28(36)18-10-14-30-15-11-18;33-25-19-5-1-3-7-21(19)31(27(35)17-9-13-29-14-10-17)23(25)24-26(34)20-6-2-4-8-22(20)32(24)28(36)18-11-15-30-16-12-18;;/h2*2-17H,1H3;1-16H;1H4;1H3/q2*+1;;;-1/b2*25-24+;24-23+;;. The van der Waals surface area contributed by atoms with Crippen LogP contribution in [0.15, 0.2) is 327 Å². The number of carbonyl (C=O) groups is 12. The predicted molar refractivity (Wildman–Crippen MR) is 412 cm³/mol. The van der Waals surface area contributed by atoms with Crippen molar-refractivity contribution in [2.75, 3.05) is 29.4 Å². The van der Waals surface area contributed by atoms with Crippen LogP contribution < -0.4 is 38.5 Å². The van der Waals surface area contributed by atoms with Gasteiger partial charge in [-0.25, -0.2) is 9.13 Å². The van der Waals surface area contributed by atoms with Crippen LogP contribution in [0, 0.1) is 7.43 Å². The molecule has 0 spiro atoms. The molecule has 0 saturated heterocycles. The van der Waals surface area contributed by atoms with Gasteiger partial charge in [-0.05, 0) is 127 Å². The molecule has 0 atom stereocenters. The number of amides is 6. The minimum atomic E-state index is -0.531. The number of ketones is 6. The Morgan fingerprint density at radius 1 is 0.250 bits per heavy atom.